The van der Waals surface area contributed by atoms with E-state index in [-0.39, 0.29) is 23.6 Å². The fourth-order valence-corrected chi connectivity index (χ4v) is 4.66. The number of rotatable bonds is 8. The topological polar surface area (TPSA) is 113 Å². The number of halogens is 1. The van der Waals surface area contributed by atoms with Gasteiger partial charge in [0.25, 0.3) is 5.91 Å². The number of carbonyl (C=O) groups is 2. The zero-order valence-corrected chi connectivity index (χ0v) is 21.8. The molecular weight excluding hydrogens is 503 g/mol. The molecule has 4 aromatic rings. The first-order chi connectivity index (χ1) is 18.8. The molecule has 0 spiro atoms. The van der Waals surface area contributed by atoms with Gasteiger partial charge in [-0.15, -0.1) is 0 Å². The van der Waals surface area contributed by atoms with Gasteiger partial charge in [-0.25, -0.2) is 9.18 Å². The van der Waals surface area contributed by atoms with Gasteiger partial charge in [-0.05, 0) is 56.0 Å². The van der Waals surface area contributed by atoms with Crippen LogP contribution in [0.15, 0.2) is 63.5 Å². The second kappa shape index (κ2) is 11.1. The second-order valence-electron chi connectivity index (χ2n) is 9.77. The van der Waals surface area contributed by atoms with E-state index in [0.717, 1.165) is 48.4 Å². The maximum atomic E-state index is 15.1. The van der Waals surface area contributed by atoms with Gasteiger partial charge in [0.1, 0.15) is 17.6 Å². The van der Waals surface area contributed by atoms with Gasteiger partial charge >= 0.3 is 12.0 Å². The van der Waals surface area contributed by atoms with E-state index in [9.17, 15) is 14.7 Å². The Hall–Kier alpha value is -4.47. The summed E-state index contributed by atoms with van der Waals surface area (Å²) in [6.45, 7) is 3.60. The molecule has 1 aliphatic rings. The summed E-state index contributed by atoms with van der Waals surface area (Å²) < 4.78 is 26.1. The molecule has 0 saturated carbocycles. The number of aromatic nitrogens is 2. The minimum absolute atomic E-state index is 0.0162. The second-order valence-corrected chi connectivity index (χ2v) is 9.77. The van der Waals surface area contributed by atoms with Crippen molar-refractivity contribution in [1.29, 1.82) is 0 Å². The van der Waals surface area contributed by atoms with Crippen molar-refractivity contribution in [2.45, 2.75) is 38.6 Å². The molecule has 0 aliphatic carbocycles. The highest BCUT2D eigenvalue weighted by Crippen LogP contribution is 2.27. The SMILES string of the molecule is Cc1ccc(-c2ccc(C(=O)N(C)C(Cc3ccc(-c4noc(N5CCCCC5)n4)c(F)c3)C(=O)O)o2)cc1. The van der Waals surface area contributed by atoms with Crippen molar-refractivity contribution >= 4 is 17.9 Å². The highest BCUT2D eigenvalue weighted by Gasteiger charge is 2.30. The molecule has 10 heteroatoms. The summed E-state index contributed by atoms with van der Waals surface area (Å²) in [5, 5.41) is 13.8. The van der Waals surface area contributed by atoms with E-state index < -0.39 is 23.7 Å². The number of carboxylic acid groups (broad SMARTS) is 1. The third-order valence-electron chi connectivity index (χ3n) is 6.97. The molecule has 5 rings (SSSR count). The van der Waals surface area contributed by atoms with Crippen LogP contribution in [0.4, 0.5) is 10.4 Å². The first kappa shape index (κ1) is 26.1. The largest absolute Gasteiger partial charge is 0.480 e. The first-order valence-electron chi connectivity index (χ1n) is 12.8. The smallest absolute Gasteiger partial charge is 0.326 e. The van der Waals surface area contributed by atoms with Gasteiger partial charge in [-0.1, -0.05) is 41.1 Å². The zero-order valence-electron chi connectivity index (χ0n) is 21.8. The zero-order chi connectivity index (χ0) is 27.5. The van der Waals surface area contributed by atoms with Crippen LogP contribution in [0, 0.1) is 12.7 Å². The molecule has 1 aliphatic heterocycles. The third kappa shape index (κ3) is 5.69. The van der Waals surface area contributed by atoms with Crippen LogP contribution in [-0.2, 0) is 11.2 Å². The van der Waals surface area contributed by atoms with Gasteiger partial charge in [0.05, 0.1) is 5.56 Å². The summed E-state index contributed by atoms with van der Waals surface area (Å²) in [6, 6.07) is 14.3. The van der Waals surface area contributed by atoms with Crippen molar-refractivity contribution in [3.63, 3.8) is 0 Å². The summed E-state index contributed by atoms with van der Waals surface area (Å²) in [7, 11) is 1.39. The average Bonchev–Trinajstić information content (AvgIpc) is 3.63. The van der Waals surface area contributed by atoms with Gasteiger partial charge in [0.15, 0.2) is 5.76 Å². The number of furan rings is 1. The molecule has 1 amide bonds. The molecular formula is C29H29FN4O5. The lowest BCUT2D eigenvalue weighted by Crippen LogP contribution is -2.43. The molecule has 1 N–H and O–H groups in total. The van der Waals surface area contributed by atoms with E-state index in [0.29, 0.717) is 17.3 Å². The van der Waals surface area contributed by atoms with Gasteiger partial charge < -0.3 is 23.8 Å². The number of hydrogen-bond donors (Lipinski definition) is 1. The van der Waals surface area contributed by atoms with Crippen molar-refractivity contribution in [2.24, 2.45) is 0 Å². The molecule has 1 unspecified atom stereocenters. The lowest BCUT2D eigenvalue weighted by molar-refractivity contribution is -0.141. The molecule has 3 heterocycles. The molecule has 0 bridgehead atoms. The predicted molar refractivity (Wildman–Crippen MR) is 142 cm³/mol. The van der Waals surface area contributed by atoms with Crippen molar-refractivity contribution in [3.05, 3.63) is 77.3 Å². The minimum Gasteiger partial charge on any atom is -0.480 e. The number of nitrogens with zero attached hydrogens (tertiary/aromatic N) is 4. The molecule has 39 heavy (non-hydrogen) atoms. The summed E-state index contributed by atoms with van der Waals surface area (Å²) in [4.78, 5) is 32.6. The van der Waals surface area contributed by atoms with Crippen LogP contribution in [0.1, 0.15) is 40.9 Å². The molecule has 1 saturated heterocycles. The Kier molecular flexibility index (Phi) is 7.44. The minimum atomic E-state index is -1.24. The van der Waals surface area contributed by atoms with Gasteiger partial charge in [0, 0.05) is 32.1 Å². The summed E-state index contributed by atoms with van der Waals surface area (Å²) in [5.74, 6) is -1.77. The Bertz CT molecular complexity index is 1470. The predicted octanol–water partition coefficient (Wildman–Crippen LogP) is 5.20. The molecule has 2 aromatic heterocycles. The number of aliphatic carboxylic acids is 1. The first-order valence-corrected chi connectivity index (χ1v) is 12.8. The molecule has 202 valence electrons. The maximum absolute atomic E-state index is 15.1. The van der Waals surface area contributed by atoms with E-state index in [1.807, 2.05) is 36.1 Å². The summed E-state index contributed by atoms with van der Waals surface area (Å²) in [6.07, 6.45) is 3.12. The number of anilines is 1. The van der Waals surface area contributed by atoms with Crippen molar-refractivity contribution < 1.29 is 28.0 Å². The standard InChI is InChI=1S/C29H29FN4O5/c1-18-6-9-20(10-7-18)24-12-13-25(38-24)27(35)33(2)23(28(36)37)17-19-8-11-21(22(30)16-19)26-31-29(39-32-26)34-14-4-3-5-15-34/h6-13,16,23H,3-5,14-15,17H2,1-2H3,(H,36,37). The van der Waals surface area contributed by atoms with Crippen molar-refractivity contribution in [3.8, 4) is 22.7 Å². The van der Waals surface area contributed by atoms with Gasteiger partial charge in [0.2, 0.25) is 5.82 Å². The number of benzene rings is 2. The van der Waals surface area contributed by atoms with Crippen molar-refractivity contribution in [1.82, 2.24) is 15.0 Å². The lowest BCUT2D eigenvalue weighted by atomic mass is 10.0. The fourth-order valence-electron chi connectivity index (χ4n) is 4.66. The number of hydrogen-bond acceptors (Lipinski definition) is 7. The van der Waals surface area contributed by atoms with Crippen LogP contribution in [0.3, 0.4) is 0 Å². The van der Waals surface area contributed by atoms with Crippen LogP contribution in [0.5, 0.6) is 0 Å². The van der Waals surface area contributed by atoms with E-state index in [4.69, 9.17) is 8.94 Å². The van der Waals surface area contributed by atoms with Crippen LogP contribution in [0.2, 0.25) is 0 Å². The highest BCUT2D eigenvalue weighted by molar-refractivity contribution is 5.94. The van der Waals surface area contributed by atoms with Crippen molar-refractivity contribution in [2.75, 3.05) is 25.0 Å². The van der Waals surface area contributed by atoms with Crippen LogP contribution >= 0.6 is 0 Å². The number of piperidine rings is 1. The summed E-state index contributed by atoms with van der Waals surface area (Å²) >= 11 is 0. The number of aryl methyl sites for hydroxylation is 1. The maximum Gasteiger partial charge on any atom is 0.326 e. The normalized spacial score (nSPS) is 14.3. The Morgan fingerprint density at radius 3 is 2.51 bits per heavy atom. The van der Waals surface area contributed by atoms with Crippen LogP contribution in [-0.4, -0.2) is 58.2 Å². The summed E-state index contributed by atoms with van der Waals surface area (Å²) in [5.41, 5.74) is 2.45. The van der Waals surface area contributed by atoms with Gasteiger partial charge in [-0.3, -0.25) is 4.79 Å². The number of carboxylic acids is 1. The van der Waals surface area contributed by atoms with E-state index in [1.165, 1.54) is 25.2 Å². The van der Waals surface area contributed by atoms with Crippen LogP contribution in [0.25, 0.3) is 22.7 Å². The highest BCUT2D eigenvalue weighted by atomic mass is 19.1. The van der Waals surface area contributed by atoms with E-state index in [2.05, 4.69) is 10.1 Å². The lowest BCUT2D eigenvalue weighted by Gasteiger charge is -2.24. The quantitative estimate of drug-likeness (QED) is 0.329. The third-order valence-corrected chi connectivity index (χ3v) is 6.97. The monoisotopic (exact) mass is 532 g/mol. The number of carbonyl (C=O) groups excluding carboxylic acids is 1. The molecule has 0 radical (unpaired) electrons. The van der Waals surface area contributed by atoms with Crippen LogP contribution < -0.4 is 4.90 Å². The Morgan fingerprint density at radius 1 is 1.08 bits per heavy atom. The van der Waals surface area contributed by atoms with Gasteiger partial charge in [-0.2, -0.15) is 4.98 Å². The number of likely N-dealkylation sites (N-methyl/N-ethyl adjacent to an activating group) is 1. The Labute approximate surface area is 224 Å². The fraction of sp³-hybridized carbons (Fsp3) is 0.310. The molecule has 2 aromatic carbocycles. The Morgan fingerprint density at radius 2 is 1.82 bits per heavy atom. The number of amides is 1. The molecule has 1 atom stereocenters. The van der Waals surface area contributed by atoms with E-state index >= 15 is 4.39 Å². The average molecular weight is 533 g/mol. The van der Waals surface area contributed by atoms with E-state index in [1.54, 1.807) is 12.1 Å². The molecule has 1 fully saturated rings. The Balaban J connectivity index is 1.29. The molecule has 9 nitrogen and oxygen atoms in total.